The number of hydrogen-bond acceptors (Lipinski definition) is 4. The van der Waals surface area contributed by atoms with E-state index in [0.717, 1.165) is 6.42 Å². The summed E-state index contributed by atoms with van der Waals surface area (Å²) < 4.78 is 0. The maximum Gasteiger partial charge on any atom is 0.320 e. The molecule has 1 heterocycles. The highest BCUT2D eigenvalue weighted by molar-refractivity contribution is 5.88. The van der Waals surface area contributed by atoms with E-state index < -0.39 is 18.1 Å². The van der Waals surface area contributed by atoms with Crippen molar-refractivity contribution >= 4 is 17.7 Å². The molecule has 1 amide bonds. The fourth-order valence-electron chi connectivity index (χ4n) is 2.78. The summed E-state index contributed by atoms with van der Waals surface area (Å²) in [5.74, 6) is -0.888. The van der Waals surface area contributed by atoms with Gasteiger partial charge in [0.15, 0.2) is 5.78 Å². The molecule has 21 heavy (non-hydrogen) atoms. The number of ketones is 1. The Morgan fingerprint density at radius 3 is 2.43 bits per heavy atom. The average molecular weight is 298 g/mol. The van der Waals surface area contributed by atoms with Crippen LogP contribution in [-0.2, 0) is 14.4 Å². The summed E-state index contributed by atoms with van der Waals surface area (Å²) in [6.07, 6.45) is 1.44. The molecule has 1 fully saturated rings. The maximum atomic E-state index is 12.1. The molecule has 1 aliphatic rings. The first-order chi connectivity index (χ1) is 9.72. The molecular weight excluding hydrogens is 272 g/mol. The Labute approximate surface area is 125 Å². The van der Waals surface area contributed by atoms with Gasteiger partial charge in [0.25, 0.3) is 0 Å². The van der Waals surface area contributed by atoms with Gasteiger partial charge >= 0.3 is 5.97 Å². The van der Waals surface area contributed by atoms with E-state index in [9.17, 15) is 19.5 Å². The number of carboxylic acid groups (broad SMARTS) is 1. The van der Waals surface area contributed by atoms with Gasteiger partial charge < -0.3 is 10.4 Å². The molecule has 0 aliphatic carbocycles. The van der Waals surface area contributed by atoms with E-state index in [1.165, 1.54) is 6.92 Å². The fourth-order valence-corrected chi connectivity index (χ4v) is 2.78. The molecule has 0 aromatic rings. The van der Waals surface area contributed by atoms with E-state index in [1.54, 1.807) is 4.90 Å². The highest BCUT2D eigenvalue weighted by Crippen LogP contribution is 2.22. The van der Waals surface area contributed by atoms with E-state index in [4.69, 9.17) is 0 Å². The van der Waals surface area contributed by atoms with Gasteiger partial charge in [-0.2, -0.15) is 0 Å². The highest BCUT2D eigenvalue weighted by atomic mass is 16.4. The molecule has 0 aromatic heterocycles. The topological polar surface area (TPSA) is 86.7 Å². The zero-order valence-corrected chi connectivity index (χ0v) is 13.3. The third-order valence-electron chi connectivity index (χ3n) is 4.03. The van der Waals surface area contributed by atoms with Gasteiger partial charge in [0, 0.05) is 0 Å². The van der Waals surface area contributed by atoms with Gasteiger partial charge in [-0.15, -0.1) is 0 Å². The molecule has 0 radical (unpaired) electrons. The summed E-state index contributed by atoms with van der Waals surface area (Å²) in [4.78, 5) is 36.6. The van der Waals surface area contributed by atoms with Gasteiger partial charge in [0.05, 0.1) is 12.6 Å². The Bertz CT molecular complexity index is 408. The van der Waals surface area contributed by atoms with Crippen molar-refractivity contribution in [2.75, 3.05) is 13.1 Å². The van der Waals surface area contributed by atoms with Crippen LogP contribution in [0.25, 0.3) is 0 Å². The molecular formula is C15H26N2O4. The molecule has 1 rings (SSSR count). The van der Waals surface area contributed by atoms with Crippen molar-refractivity contribution < 1.29 is 19.5 Å². The lowest BCUT2D eigenvalue weighted by molar-refractivity contribution is -0.146. The first kappa shape index (κ1) is 17.6. The van der Waals surface area contributed by atoms with Gasteiger partial charge in [-0.25, -0.2) is 0 Å². The first-order valence-electron chi connectivity index (χ1n) is 7.49. The molecule has 0 saturated carbocycles. The zero-order chi connectivity index (χ0) is 16.2. The largest absolute Gasteiger partial charge is 0.480 e. The lowest BCUT2D eigenvalue weighted by Gasteiger charge is -2.35. The monoisotopic (exact) mass is 298 g/mol. The molecule has 0 aromatic carbocycles. The number of amides is 1. The van der Waals surface area contributed by atoms with Crippen LogP contribution in [-0.4, -0.2) is 52.8 Å². The molecule has 1 aliphatic heterocycles. The van der Waals surface area contributed by atoms with Crippen LogP contribution < -0.4 is 5.32 Å². The number of carbonyl (C=O) groups is 3. The second-order valence-corrected chi connectivity index (χ2v) is 6.35. The van der Waals surface area contributed by atoms with Crippen LogP contribution >= 0.6 is 0 Å². The second kappa shape index (κ2) is 7.54. The molecule has 6 heteroatoms. The van der Waals surface area contributed by atoms with Crippen LogP contribution in [0.5, 0.6) is 0 Å². The standard InChI is InChI=1S/C15H26N2O4/c1-9(2)14(11(4)18)16-13(19)8-17-6-5-10(3)7-12(17)15(20)21/h9-10,12,14H,5-8H2,1-4H3,(H,16,19)(H,20,21). The normalized spacial score (nSPS) is 24.6. The summed E-state index contributed by atoms with van der Waals surface area (Å²) in [5.41, 5.74) is 0. The maximum absolute atomic E-state index is 12.1. The molecule has 1 saturated heterocycles. The number of aliphatic carboxylic acids is 1. The molecule has 120 valence electrons. The molecule has 0 bridgehead atoms. The van der Waals surface area contributed by atoms with Crippen molar-refractivity contribution in [3.63, 3.8) is 0 Å². The predicted molar refractivity (Wildman–Crippen MR) is 78.8 cm³/mol. The van der Waals surface area contributed by atoms with E-state index in [2.05, 4.69) is 5.32 Å². The Morgan fingerprint density at radius 2 is 1.95 bits per heavy atom. The number of likely N-dealkylation sites (tertiary alicyclic amines) is 1. The predicted octanol–water partition coefficient (Wildman–Crippen LogP) is 0.901. The van der Waals surface area contributed by atoms with Crippen LogP contribution in [0.3, 0.4) is 0 Å². The SMILES string of the molecule is CC(=O)C(NC(=O)CN1CCC(C)CC1C(=O)O)C(C)C. The van der Waals surface area contributed by atoms with Gasteiger partial charge in [0.2, 0.25) is 5.91 Å². The van der Waals surface area contributed by atoms with Gasteiger partial charge in [-0.05, 0) is 38.1 Å². The van der Waals surface area contributed by atoms with Crippen LogP contribution in [0.15, 0.2) is 0 Å². The van der Waals surface area contributed by atoms with Gasteiger partial charge in [0.1, 0.15) is 6.04 Å². The van der Waals surface area contributed by atoms with Crippen LogP contribution in [0, 0.1) is 11.8 Å². The zero-order valence-electron chi connectivity index (χ0n) is 13.3. The van der Waals surface area contributed by atoms with Crippen LogP contribution in [0.2, 0.25) is 0 Å². The van der Waals surface area contributed by atoms with Crippen molar-refractivity contribution in [3.8, 4) is 0 Å². The summed E-state index contributed by atoms with van der Waals surface area (Å²) >= 11 is 0. The van der Waals surface area contributed by atoms with Crippen LogP contribution in [0.1, 0.15) is 40.5 Å². The number of piperidine rings is 1. The third kappa shape index (κ3) is 5.12. The smallest absolute Gasteiger partial charge is 0.320 e. The van der Waals surface area contributed by atoms with Crippen LogP contribution in [0.4, 0.5) is 0 Å². The lowest BCUT2D eigenvalue weighted by Crippen LogP contribution is -2.53. The Balaban J connectivity index is 2.64. The molecule has 0 spiro atoms. The van der Waals surface area contributed by atoms with E-state index in [-0.39, 0.29) is 24.2 Å². The van der Waals surface area contributed by atoms with Crippen molar-refractivity contribution in [2.45, 2.75) is 52.6 Å². The number of hydrogen-bond donors (Lipinski definition) is 2. The quantitative estimate of drug-likeness (QED) is 0.761. The van der Waals surface area contributed by atoms with Crippen molar-refractivity contribution in [2.24, 2.45) is 11.8 Å². The Kier molecular flexibility index (Phi) is 6.33. The van der Waals surface area contributed by atoms with Crippen molar-refractivity contribution in [1.29, 1.82) is 0 Å². The van der Waals surface area contributed by atoms with Gasteiger partial charge in [-0.1, -0.05) is 20.8 Å². The number of carboxylic acids is 1. The first-order valence-corrected chi connectivity index (χ1v) is 7.49. The summed E-state index contributed by atoms with van der Waals surface area (Å²) in [7, 11) is 0. The third-order valence-corrected chi connectivity index (χ3v) is 4.03. The Hall–Kier alpha value is -1.43. The molecule has 2 N–H and O–H groups in total. The summed E-state index contributed by atoms with van der Waals surface area (Å²) in [6.45, 7) is 7.84. The minimum absolute atomic E-state index is 0.0168. The van der Waals surface area contributed by atoms with Gasteiger partial charge in [-0.3, -0.25) is 19.3 Å². The summed E-state index contributed by atoms with van der Waals surface area (Å²) in [5, 5.41) is 12.0. The lowest BCUT2D eigenvalue weighted by atomic mass is 9.92. The average Bonchev–Trinajstić information content (AvgIpc) is 2.37. The minimum Gasteiger partial charge on any atom is -0.480 e. The van der Waals surface area contributed by atoms with E-state index >= 15 is 0 Å². The van der Waals surface area contributed by atoms with E-state index in [0.29, 0.717) is 18.9 Å². The Morgan fingerprint density at radius 1 is 1.33 bits per heavy atom. The molecule has 3 unspecified atom stereocenters. The number of carbonyl (C=O) groups excluding carboxylic acids is 2. The molecule has 6 nitrogen and oxygen atoms in total. The van der Waals surface area contributed by atoms with Crippen molar-refractivity contribution in [1.82, 2.24) is 10.2 Å². The minimum atomic E-state index is -0.888. The second-order valence-electron chi connectivity index (χ2n) is 6.35. The fraction of sp³-hybridized carbons (Fsp3) is 0.800. The number of Topliss-reactive ketones (excluding diaryl/α,β-unsaturated/α-hetero) is 1. The van der Waals surface area contributed by atoms with E-state index in [1.807, 2.05) is 20.8 Å². The number of nitrogens with one attached hydrogen (secondary N) is 1. The van der Waals surface area contributed by atoms with Crippen molar-refractivity contribution in [3.05, 3.63) is 0 Å². The number of nitrogens with zero attached hydrogens (tertiary/aromatic N) is 1. The highest BCUT2D eigenvalue weighted by Gasteiger charge is 2.33. The summed E-state index contributed by atoms with van der Waals surface area (Å²) in [6, 6.07) is -1.13. The molecule has 3 atom stereocenters. The number of rotatable bonds is 6.